The third kappa shape index (κ3) is 2.15. The van der Waals surface area contributed by atoms with E-state index in [4.69, 9.17) is 4.74 Å². The molecule has 106 valence electrons. The van der Waals surface area contributed by atoms with Crippen molar-refractivity contribution in [3.05, 3.63) is 48.0 Å². The van der Waals surface area contributed by atoms with Gasteiger partial charge in [-0.25, -0.2) is 9.97 Å². The second-order valence-corrected chi connectivity index (χ2v) is 5.28. The highest BCUT2D eigenvalue weighted by Gasteiger charge is 2.16. The van der Waals surface area contributed by atoms with E-state index >= 15 is 0 Å². The first-order valence-corrected chi connectivity index (χ1v) is 7.08. The van der Waals surface area contributed by atoms with Crippen LogP contribution in [0.3, 0.4) is 0 Å². The number of hydrogen-bond donors (Lipinski definition) is 1. The quantitative estimate of drug-likeness (QED) is 0.783. The highest BCUT2D eigenvalue weighted by Crippen LogP contribution is 2.28. The molecule has 0 amide bonds. The molecule has 5 nitrogen and oxygen atoms in total. The van der Waals surface area contributed by atoms with Crippen LogP contribution in [0.25, 0.3) is 10.9 Å². The van der Waals surface area contributed by atoms with E-state index in [0.29, 0.717) is 5.88 Å². The largest absolute Gasteiger partial charge is 0.439 e. The third-order valence-electron chi connectivity index (χ3n) is 3.91. The van der Waals surface area contributed by atoms with Gasteiger partial charge in [-0.3, -0.25) is 0 Å². The molecular weight excluding hydrogens is 264 g/mol. The molecule has 0 fully saturated rings. The average molecular weight is 280 g/mol. The number of aryl methyl sites for hydroxylation is 1. The molecule has 4 rings (SSSR count). The number of benzene rings is 1. The zero-order valence-electron chi connectivity index (χ0n) is 11.8. The van der Waals surface area contributed by atoms with E-state index in [0.717, 1.165) is 36.5 Å². The van der Waals surface area contributed by atoms with Gasteiger partial charge >= 0.3 is 0 Å². The minimum absolute atomic E-state index is 0.678. The number of aromatic nitrogens is 3. The van der Waals surface area contributed by atoms with Crippen LogP contribution in [0, 0.1) is 0 Å². The molecule has 0 saturated heterocycles. The Balaban J connectivity index is 1.71. The predicted octanol–water partition coefficient (Wildman–Crippen LogP) is 2.41. The summed E-state index contributed by atoms with van der Waals surface area (Å²) in [5.41, 5.74) is 3.34. The van der Waals surface area contributed by atoms with Gasteiger partial charge < -0.3 is 14.6 Å². The number of rotatable bonds is 2. The Kier molecular flexibility index (Phi) is 2.86. The molecule has 1 aliphatic heterocycles. The summed E-state index contributed by atoms with van der Waals surface area (Å²) in [6, 6.07) is 8.18. The molecule has 3 heterocycles. The van der Waals surface area contributed by atoms with Crippen molar-refractivity contribution in [2.45, 2.75) is 13.0 Å². The van der Waals surface area contributed by atoms with E-state index in [-0.39, 0.29) is 0 Å². The monoisotopic (exact) mass is 280 g/mol. The van der Waals surface area contributed by atoms with Crippen LogP contribution in [-0.4, -0.2) is 21.1 Å². The molecule has 1 aromatic carbocycles. The SMILES string of the molecule is Cn1ccc2cc(Oc3ncnc4c3CCNC4)ccc21. The standard InChI is InChI=1S/C16H16N4O/c1-20-7-5-11-8-12(2-3-15(11)20)21-16-13-4-6-17-9-14(13)18-10-19-16/h2-3,5,7-8,10,17H,4,6,9H2,1H3. The Bertz CT molecular complexity index is 809. The Morgan fingerprint density at radius 2 is 2.19 bits per heavy atom. The maximum Gasteiger partial charge on any atom is 0.225 e. The normalized spacial score (nSPS) is 14.1. The van der Waals surface area contributed by atoms with Gasteiger partial charge in [-0.15, -0.1) is 0 Å². The minimum atomic E-state index is 0.678. The highest BCUT2D eigenvalue weighted by atomic mass is 16.5. The zero-order chi connectivity index (χ0) is 14.2. The predicted molar refractivity (Wildman–Crippen MR) is 80.4 cm³/mol. The van der Waals surface area contributed by atoms with E-state index in [2.05, 4.69) is 32.0 Å². The lowest BCUT2D eigenvalue weighted by Crippen LogP contribution is -2.25. The number of nitrogens with one attached hydrogen (secondary N) is 1. The molecule has 0 bridgehead atoms. The average Bonchev–Trinajstić information content (AvgIpc) is 2.89. The molecule has 0 aliphatic carbocycles. The van der Waals surface area contributed by atoms with Crippen LogP contribution in [0.1, 0.15) is 11.3 Å². The molecule has 1 aliphatic rings. The van der Waals surface area contributed by atoms with Crippen molar-refractivity contribution in [2.75, 3.05) is 6.54 Å². The molecule has 0 unspecified atom stereocenters. The summed E-state index contributed by atoms with van der Waals surface area (Å²) in [4.78, 5) is 8.62. The summed E-state index contributed by atoms with van der Waals surface area (Å²) >= 11 is 0. The summed E-state index contributed by atoms with van der Waals surface area (Å²) < 4.78 is 8.10. The van der Waals surface area contributed by atoms with E-state index in [1.165, 1.54) is 10.9 Å². The molecule has 3 aromatic rings. The smallest absolute Gasteiger partial charge is 0.225 e. The first kappa shape index (κ1) is 12.3. The van der Waals surface area contributed by atoms with E-state index < -0.39 is 0 Å². The number of hydrogen-bond acceptors (Lipinski definition) is 4. The molecule has 0 saturated carbocycles. The molecule has 5 heteroatoms. The van der Waals surface area contributed by atoms with Gasteiger partial charge in [-0.05, 0) is 37.2 Å². The first-order valence-electron chi connectivity index (χ1n) is 7.08. The fraction of sp³-hybridized carbons (Fsp3) is 0.250. The van der Waals surface area contributed by atoms with Gasteiger partial charge in [0, 0.05) is 36.3 Å². The number of nitrogens with zero attached hydrogens (tertiary/aromatic N) is 3. The van der Waals surface area contributed by atoms with Gasteiger partial charge in [0.25, 0.3) is 0 Å². The van der Waals surface area contributed by atoms with Crippen molar-refractivity contribution in [3.63, 3.8) is 0 Å². The second-order valence-electron chi connectivity index (χ2n) is 5.28. The van der Waals surface area contributed by atoms with Crippen LogP contribution in [0.15, 0.2) is 36.8 Å². The maximum atomic E-state index is 6.01. The molecular formula is C16H16N4O. The van der Waals surface area contributed by atoms with E-state index in [1.807, 2.05) is 25.4 Å². The summed E-state index contributed by atoms with van der Waals surface area (Å²) in [7, 11) is 2.04. The van der Waals surface area contributed by atoms with Crippen molar-refractivity contribution in [1.82, 2.24) is 19.9 Å². The first-order chi connectivity index (χ1) is 10.3. The maximum absolute atomic E-state index is 6.01. The number of fused-ring (bicyclic) bond motifs is 2. The molecule has 0 radical (unpaired) electrons. The lowest BCUT2D eigenvalue weighted by atomic mass is 10.1. The van der Waals surface area contributed by atoms with Gasteiger partial charge in [0.05, 0.1) is 5.69 Å². The van der Waals surface area contributed by atoms with Crippen LogP contribution in [0.5, 0.6) is 11.6 Å². The van der Waals surface area contributed by atoms with E-state index in [1.54, 1.807) is 6.33 Å². The Labute approximate surface area is 122 Å². The van der Waals surface area contributed by atoms with Gasteiger partial charge in [0.1, 0.15) is 12.1 Å². The van der Waals surface area contributed by atoms with Crippen molar-refractivity contribution in [1.29, 1.82) is 0 Å². The van der Waals surface area contributed by atoms with Gasteiger partial charge in [0.2, 0.25) is 5.88 Å². The lowest BCUT2D eigenvalue weighted by molar-refractivity contribution is 0.446. The minimum Gasteiger partial charge on any atom is -0.439 e. The fourth-order valence-corrected chi connectivity index (χ4v) is 2.78. The van der Waals surface area contributed by atoms with Crippen molar-refractivity contribution in [2.24, 2.45) is 7.05 Å². The summed E-state index contributed by atoms with van der Waals surface area (Å²) in [5, 5.41) is 4.48. The Morgan fingerprint density at radius 1 is 1.24 bits per heavy atom. The summed E-state index contributed by atoms with van der Waals surface area (Å²) in [6.45, 7) is 1.72. The van der Waals surface area contributed by atoms with Crippen molar-refractivity contribution < 1.29 is 4.74 Å². The zero-order valence-corrected chi connectivity index (χ0v) is 11.8. The highest BCUT2D eigenvalue weighted by molar-refractivity contribution is 5.81. The van der Waals surface area contributed by atoms with Crippen LogP contribution >= 0.6 is 0 Å². The summed E-state index contributed by atoms with van der Waals surface area (Å²) in [6.07, 6.45) is 4.52. The Morgan fingerprint density at radius 3 is 3.14 bits per heavy atom. The lowest BCUT2D eigenvalue weighted by Gasteiger charge is -2.18. The van der Waals surface area contributed by atoms with Crippen molar-refractivity contribution in [3.8, 4) is 11.6 Å². The third-order valence-corrected chi connectivity index (χ3v) is 3.91. The molecule has 0 atom stereocenters. The fourth-order valence-electron chi connectivity index (χ4n) is 2.78. The molecule has 21 heavy (non-hydrogen) atoms. The van der Waals surface area contributed by atoms with Gasteiger partial charge in [-0.1, -0.05) is 0 Å². The molecule has 2 aromatic heterocycles. The van der Waals surface area contributed by atoms with Crippen LogP contribution < -0.4 is 10.1 Å². The van der Waals surface area contributed by atoms with Crippen LogP contribution in [-0.2, 0) is 20.0 Å². The van der Waals surface area contributed by atoms with Gasteiger partial charge in [0.15, 0.2) is 0 Å². The topological polar surface area (TPSA) is 52.0 Å². The number of ether oxygens (including phenoxy) is 1. The molecule has 1 N–H and O–H groups in total. The van der Waals surface area contributed by atoms with Crippen molar-refractivity contribution >= 4 is 10.9 Å². The van der Waals surface area contributed by atoms with Crippen LogP contribution in [0.4, 0.5) is 0 Å². The van der Waals surface area contributed by atoms with E-state index in [9.17, 15) is 0 Å². The Hall–Kier alpha value is -2.40. The molecule has 0 spiro atoms. The van der Waals surface area contributed by atoms with Crippen LogP contribution in [0.2, 0.25) is 0 Å². The second kappa shape index (κ2) is 4.86. The van der Waals surface area contributed by atoms with Gasteiger partial charge in [-0.2, -0.15) is 0 Å². The summed E-state index contributed by atoms with van der Waals surface area (Å²) in [5.74, 6) is 1.49.